The average Bonchev–Trinajstić information content (AvgIpc) is 3.12. The highest BCUT2D eigenvalue weighted by Gasteiger charge is 2.21. The molecule has 0 aromatic heterocycles. The van der Waals surface area contributed by atoms with E-state index in [4.69, 9.17) is 0 Å². The first-order chi connectivity index (χ1) is 23.8. The molecule has 0 unspecified atom stereocenters. The van der Waals surface area contributed by atoms with Gasteiger partial charge >= 0.3 is 0 Å². The number of hydrogen-bond acceptors (Lipinski definition) is 3. The van der Waals surface area contributed by atoms with Crippen molar-refractivity contribution < 1.29 is 9.59 Å². The van der Waals surface area contributed by atoms with Crippen molar-refractivity contribution >= 4 is 63.7 Å². The van der Waals surface area contributed by atoms with Crippen LogP contribution in [0.15, 0.2) is 127 Å². The van der Waals surface area contributed by atoms with Gasteiger partial charge in [0.15, 0.2) is 11.6 Å². The van der Waals surface area contributed by atoms with Crippen molar-refractivity contribution in [3.05, 3.63) is 172 Å². The lowest BCUT2D eigenvalue weighted by Crippen LogP contribution is -2.12. The van der Waals surface area contributed by atoms with Crippen LogP contribution in [0, 0.1) is 13.8 Å². The molecule has 0 spiro atoms. The van der Waals surface area contributed by atoms with Gasteiger partial charge in [-0.2, -0.15) is 0 Å². The Labute approximate surface area is 289 Å². The zero-order valence-electron chi connectivity index (χ0n) is 28.6. The minimum atomic E-state index is -0.0609. The third kappa shape index (κ3) is 7.69. The summed E-state index contributed by atoms with van der Waals surface area (Å²) < 4.78 is 0. The van der Waals surface area contributed by atoms with Crippen LogP contribution >= 0.6 is 0 Å². The van der Waals surface area contributed by atoms with Crippen LogP contribution in [-0.4, -0.2) is 11.6 Å². The minimum absolute atomic E-state index is 0.0498. The third-order valence-corrected chi connectivity index (χ3v) is 8.81. The molecule has 49 heavy (non-hydrogen) atoms. The Balaban J connectivity index is 1.44. The number of aryl methyl sites for hydroxylation is 2. The molecular formula is C46H41NO2. The number of ketones is 2. The van der Waals surface area contributed by atoms with Crippen molar-refractivity contribution in [3.8, 4) is 0 Å². The fourth-order valence-electron chi connectivity index (χ4n) is 6.11. The molecule has 0 aliphatic heterocycles. The van der Waals surface area contributed by atoms with Crippen LogP contribution in [-0.2, 0) is 0 Å². The number of anilines is 3. The average molecular weight is 640 g/mol. The predicted octanol–water partition coefficient (Wildman–Crippen LogP) is 12.5. The molecule has 0 bridgehead atoms. The number of fused-ring (bicyclic) bond motifs is 1. The Kier molecular flexibility index (Phi) is 10.1. The maximum atomic E-state index is 13.4. The van der Waals surface area contributed by atoms with Crippen molar-refractivity contribution in [2.75, 3.05) is 4.90 Å². The second-order valence-corrected chi connectivity index (χ2v) is 12.6. The number of carbonyl (C=O) groups is 2. The van der Waals surface area contributed by atoms with Gasteiger partial charge in [0.25, 0.3) is 0 Å². The first-order valence-corrected chi connectivity index (χ1v) is 16.9. The van der Waals surface area contributed by atoms with Gasteiger partial charge in [0.05, 0.1) is 5.69 Å². The Morgan fingerprint density at radius 3 is 1.43 bits per heavy atom. The van der Waals surface area contributed by atoms with Crippen molar-refractivity contribution in [3.63, 3.8) is 0 Å². The van der Waals surface area contributed by atoms with Crippen molar-refractivity contribution in [2.24, 2.45) is 0 Å². The van der Waals surface area contributed by atoms with Crippen LogP contribution in [0.1, 0.15) is 80.8 Å². The summed E-state index contributed by atoms with van der Waals surface area (Å²) in [7, 11) is 0. The van der Waals surface area contributed by atoms with Crippen LogP contribution in [0.25, 0.3) is 35.1 Å². The molecule has 0 N–H and O–H groups in total. The molecule has 6 aromatic rings. The molecule has 6 rings (SSSR count). The van der Waals surface area contributed by atoms with Gasteiger partial charge in [0.1, 0.15) is 0 Å². The molecule has 3 heteroatoms. The number of benzene rings is 6. The second-order valence-electron chi connectivity index (χ2n) is 12.6. The van der Waals surface area contributed by atoms with Gasteiger partial charge in [-0.1, -0.05) is 133 Å². The maximum Gasteiger partial charge on any atom is 0.163 e. The number of Topliss-reactive ketones (excluding diaryl/α,β-unsaturated/α-hetero) is 2. The molecule has 242 valence electrons. The number of hydrogen-bond donors (Lipinski definition) is 0. The van der Waals surface area contributed by atoms with E-state index >= 15 is 0 Å². The number of rotatable bonds is 11. The van der Waals surface area contributed by atoms with E-state index < -0.39 is 0 Å². The van der Waals surface area contributed by atoms with E-state index in [1.807, 2.05) is 37.3 Å². The smallest absolute Gasteiger partial charge is 0.163 e. The summed E-state index contributed by atoms with van der Waals surface area (Å²) in [5.41, 5.74) is 11.0. The molecule has 0 atom stereocenters. The monoisotopic (exact) mass is 639 g/mol. The SMILES string of the molecule is CCCC(=O)c1cccc2c(N(c3ccc(/C=C/c4ccc(C)cc4)cc3)c3ccc(/C=C/c4ccc(C)cc4)cc3)ccc(C(C)=O)c12. The largest absolute Gasteiger partial charge is 0.310 e. The summed E-state index contributed by atoms with van der Waals surface area (Å²) >= 11 is 0. The lowest BCUT2D eigenvalue weighted by atomic mass is 9.92. The fraction of sp³-hybridized carbons (Fsp3) is 0.130. The van der Waals surface area contributed by atoms with E-state index in [0.29, 0.717) is 22.9 Å². The molecule has 0 aliphatic rings. The first-order valence-electron chi connectivity index (χ1n) is 16.9. The van der Waals surface area contributed by atoms with Crippen molar-refractivity contribution in [2.45, 2.75) is 40.5 Å². The highest BCUT2D eigenvalue weighted by atomic mass is 16.1. The molecule has 0 fully saturated rings. The van der Waals surface area contributed by atoms with E-state index in [1.165, 1.54) is 11.1 Å². The van der Waals surface area contributed by atoms with E-state index in [-0.39, 0.29) is 11.6 Å². The Hall–Kier alpha value is -5.80. The van der Waals surface area contributed by atoms with Gasteiger partial charge in [-0.3, -0.25) is 9.59 Å². The van der Waals surface area contributed by atoms with Gasteiger partial charge in [-0.15, -0.1) is 0 Å². The predicted molar refractivity (Wildman–Crippen MR) is 208 cm³/mol. The molecule has 0 heterocycles. The summed E-state index contributed by atoms with van der Waals surface area (Å²) in [6, 6.07) is 43.6. The van der Waals surface area contributed by atoms with E-state index in [9.17, 15) is 9.59 Å². The zero-order valence-corrected chi connectivity index (χ0v) is 28.6. The molecule has 0 aliphatic carbocycles. The van der Waals surface area contributed by atoms with Gasteiger partial charge in [0, 0.05) is 39.7 Å². The first kappa shape index (κ1) is 33.1. The van der Waals surface area contributed by atoms with Gasteiger partial charge in [-0.25, -0.2) is 0 Å². The highest BCUT2D eigenvalue weighted by Crippen LogP contribution is 2.41. The van der Waals surface area contributed by atoms with Crippen LogP contribution in [0.3, 0.4) is 0 Å². The molecule has 6 aromatic carbocycles. The maximum absolute atomic E-state index is 13.4. The highest BCUT2D eigenvalue weighted by molar-refractivity contribution is 6.19. The van der Waals surface area contributed by atoms with Gasteiger partial charge in [0.2, 0.25) is 0 Å². The lowest BCUT2D eigenvalue weighted by Gasteiger charge is -2.28. The summed E-state index contributed by atoms with van der Waals surface area (Å²) in [5.74, 6) is -0.0111. The summed E-state index contributed by atoms with van der Waals surface area (Å²) in [4.78, 5) is 28.5. The van der Waals surface area contributed by atoms with E-state index in [1.54, 1.807) is 6.92 Å². The Morgan fingerprint density at radius 2 is 1.00 bits per heavy atom. The Bertz CT molecular complexity index is 2050. The topological polar surface area (TPSA) is 37.4 Å². The van der Waals surface area contributed by atoms with Crippen molar-refractivity contribution in [1.29, 1.82) is 0 Å². The van der Waals surface area contributed by atoms with Crippen LogP contribution < -0.4 is 4.90 Å². The zero-order chi connectivity index (χ0) is 34.3. The summed E-state index contributed by atoms with van der Waals surface area (Å²) in [5, 5.41) is 1.58. The molecule has 0 amide bonds. The van der Waals surface area contributed by atoms with Crippen LogP contribution in [0.2, 0.25) is 0 Å². The summed E-state index contributed by atoms with van der Waals surface area (Å²) in [6.45, 7) is 7.75. The second kappa shape index (κ2) is 15.0. The van der Waals surface area contributed by atoms with Crippen LogP contribution in [0.4, 0.5) is 17.1 Å². The van der Waals surface area contributed by atoms with Crippen molar-refractivity contribution in [1.82, 2.24) is 0 Å². The van der Waals surface area contributed by atoms with Gasteiger partial charge < -0.3 is 4.90 Å². The number of carbonyl (C=O) groups excluding carboxylic acids is 2. The quantitative estimate of drug-likeness (QED) is 0.105. The van der Waals surface area contributed by atoms with Crippen LogP contribution in [0.5, 0.6) is 0 Å². The molecule has 0 saturated carbocycles. The Morgan fingerprint density at radius 1 is 0.551 bits per heavy atom. The molecule has 0 saturated heterocycles. The molecule has 3 nitrogen and oxygen atoms in total. The molecule has 0 radical (unpaired) electrons. The van der Waals surface area contributed by atoms with Gasteiger partial charge in [-0.05, 0) is 85.8 Å². The third-order valence-electron chi connectivity index (χ3n) is 8.81. The normalized spacial score (nSPS) is 11.4. The van der Waals surface area contributed by atoms with E-state index in [0.717, 1.165) is 51.1 Å². The van der Waals surface area contributed by atoms with E-state index in [2.05, 4.69) is 140 Å². The standard InChI is InChI=1S/C46H41NO2/c1-5-7-45(49)43-9-6-8-42-44(31-30-41(34(4)48)46(42)43)47(39-26-22-37(23-27-39)20-18-35-14-10-32(2)11-15-35)40-28-24-38(25-29-40)21-19-36-16-12-33(3)13-17-36/h6,8-31H,5,7H2,1-4H3/b20-18+,21-19+. The summed E-state index contributed by atoms with van der Waals surface area (Å²) in [6.07, 6.45) is 9.66. The lowest BCUT2D eigenvalue weighted by molar-refractivity contribution is 0.0983. The minimum Gasteiger partial charge on any atom is -0.310 e. The molecular weight excluding hydrogens is 599 g/mol. The fourth-order valence-corrected chi connectivity index (χ4v) is 6.11. The number of nitrogens with zero attached hydrogens (tertiary/aromatic N) is 1.